The van der Waals surface area contributed by atoms with Crippen LogP contribution in [0.1, 0.15) is 65.7 Å². The minimum Gasteiger partial charge on any atom is -0.390 e. The summed E-state index contributed by atoms with van der Waals surface area (Å²) in [7, 11) is 0. The summed E-state index contributed by atoms with van der Waals surface area (Å²) in [5, 5.41) is 9.93. The lowest BCUT2D eigenvalue weighted by molar-refractivity contribution is 0.0163. The van der Waals surface area contributed by atoms with Gasteiger partial charge in [-0.25, -0.2) is 0 Å². The Hall–Kier alpha value is -0.0400. The molecule has 1 unspecified atom stereocenters. The average molecular weight is 224 g/mol. The van der Waals surface area contributed by atoms with Gasteiger partial charge in [-0.15, -0.1) is 0 Å². The van der Waals surface area contributed by atoms with Gasteiger partial charge in [0.2, 0.25) is 0 Å². The van der Waals surface area contributed by atoms with Gasteiger partial charge in [0.05, 0.1) is 5.60 Å². The molecule has 2 aliphatic carbocycles. The van der Waals surface area contributed by atoms with Crippen LogP contribution >= 0.6 is 0 Å². The predicted molar refractivity (Wildman–Crippen MR) is 68.3 cm³/mol. The van der Waals surface area contributed by atoms with Crippen molar-refractivity contribution >= 4 is 0 Å². The summed E-state index contributed by atoms with van der Waals surface area (Å²) in [6, 6.07) is 0. The predicted octanol–water partition coefficient (Wildman–Crippen LogP) is 4.00. The Morgan fingerprint density at radius 1 is 1.12 bits per heavy atom. The Bertz CT molecular complexity index is 228. The lowest BCUT2D eigenvalue weighted by atomic mass is 9.62. The van der Waals surface area contributed by atoms with Crippen LogP contribution < -0.4 is 0 Å². The number of aliphatic hydroxyl groups is 1. The van der Waals surface area contributed by atoms with Gasteiger partial charge in [-0.05, 0) is 56.8 Å². The van der Waals surface area contributed by atoms with Crippen LogP contribution in [0, 0.1) is 23.7 Å². The van der Waals surface area contributed by atoms with E-state index in [9.17, 15) is 5.11 Å². The molecule has 1 nitrogen and oxygen atoms in total. The van der Waals surface area contributed by atoms with Crippen molar-refractivity contribution in [1.29, 1.82) is 0 Å². The molecular weight excluding hydrogens is 196 g/mol. The SMILES string of the molecule is CC1CCC[C@@H]2CC[C@H](CC(C)(C)O)C[C@H]12. The van der Waals surface area contributed by atoms with E-state index in [1.165, 1.54) is 38.5 Å². The smallest absolute Gasteiger partial charge is 0.0594 e. The number of hydrogen-bond acceptors (Lipinski definition) is 1. The van der Waals surface area contributed by atoms with Crippen molar-refractivity contribution in [3.8, 4) is 0 Å². The van der Waals surface area contributed by atoms with Gasteiger partial charge in [0.15, 0.2) is 0 Å². The number of fused-ring (bicyclic) bond motifs is 1. The van der Waals surface area contributed by atoms with Gasteiger partial charge in [-0.1, -0.05) is 32.6 Å². The maximum Gasteiger partial charge on any atom is 0.0594 e. The van der Waals surface area contributed by atoms with Crippen LogP contribution in [-0.4, -0.2) is 10.7 Å². The van der Waals surface area contributed by atoms with Crippen molar-refractivity contribution in [2.24, 2.45) is 23.7 Å². The van der Waals surface area contributed by atoms with Crippen molar-refractivity contribution in [1.82, 2.24) is 0 Å². The second-order valence-corrected chi connectivity index (χ2v) is 7.03. The molecular formula is C15H28O. The monoisotopic (exact) mass is 224 g/mol. The van der Waals surface area contributed by atoms with E-state index in [2.05, 4.69) is 6.92 Å². The van der Waals surface area contributed by atoms with Gasteiger partial charge in [0, 0.05) is 0 Å². The molecule has 0 heterocycles. The van der Waals surface area contributed by atoms with Crippen LogP contribution in [0.4, 0.5) is 0 Å². The molecule has 0 aromatic rings. The fourth-order valence-electron chi connectivity index (χ4n) is 4.22. The third kappa shape index (κ3) is 3.00. The first-order valence-electron chi connectivity index (χ1n) is 7.18. The molecule has 0 radical (unpaired) electrons. The second-order valence-electron chi connectivity index (χ2n) is 7.03. The molecule has 4 atom stereocenters. The first kappa shape index (κ1) is 12.4. The Balaban J connectivity index is 1.92. The van der Waals surface area contributed by atoms with Gasteiger partial charge < -0.3 is 5.11 Å². The highest BCUT2D eigenvalue weighted by atomic mass is 16.3. The van der Waals surface area contributed by atoms with Crippen LogP contribution in [-0.2, 0) is 0 Å². The maximum absolute atomic E-state index is 9.93. The molecule has 1 N–H and O–H groups in total. The summed E-state index contributed by atoms with van der Waals surface area (Å²) >= 11 is 0. The summed E-state index contributed by atoms with van der Waals surface area (Å²) < 4.78 is 0. The Morgan fingerprint density at radius 2 is 1.88 bits per heavy atom. The van der Waals surface area contributed by atoms with E-state index in [4.69, 9.17) is 0 Å². The van der Waals surface area contributed by atoms with E-state index in [0.29, 0.717) is 0 Å². The average Bonchev–Trinajstić information content (AvgIpc) is 2.17. The Labute approximate surface area is 101 Å². The third-order valence-electron chi connectivity index (χ3n) is 4.91. The molecule has 0 aliphatic heterocycles. The molecule has 0 spiro atoms. The van der Waals surface area contributed by atoms with E-state index in [-0.39, 0.29) is 0 Å². The molecule has 1 heteroatoms. The molecule has 0 amide bonds. The zero-order valence-corrected chi connectivity index (χ0v) is 11.2. The normalized spacial score (nSPS) is 40.5. The highest BCUT2D eigenvalue weighted by Crippen LogP contribution is 2.47. The zero-order valence-electron chi connectivity index (χ0n) is 11.2. The van der Waals surface area contributed by atoms with E-state index in [1.54, 1.807) is 0 Å². The van der Waals surface area contributed by atoms with E-state index in [1.807, 2.05) is 13.8 Å². The molecule has 2 saturated carbocycles. The fourth-order valence-corrected chi connectivity index (χ4v) is 4.22. The van der Waals surface area contributed by atoms with E-state index in [0.717, 1.165) is 30.1 Å². The largest absolute Gasteiger partial charge is 0.390 e. The van der Waals surface area contributed by atoms with Gasteiger partial charge in [-0.3, -0.25) is 0 Å². The van der Waals surface area contributed by atoms with Crippen molar-refractivity contribution < 1.29 is 5.11 Å². The van der Waals surface area contributed by atoms with Gasteiger partial charge in [0.1, 0.15) is 0 Å². The van der Waals surface area contributed by atoms with Crippen molar-refractivity contribution in [3.05, 3.63) is 0 Å². The van der Waals surface area contributed by atoms with Crippen LogP contribution in [0.5, 0.6) is 0 Å². The highest BCUT2D eigenvalue weighted by molar-refractivity contribution is 4.88. The standard InChI is InChI=1S/C15H28O/c1-11-5-4-6-13-8-7-12(9-14(11)13)10-15(2,3)16/h11-14,16H,4-10H2,1-3H3/t11?,12-,13+,14+/m0/s1. The Kier molecular flexibility index (Phi) is 3.63. The van der Waals surface area contributed by atoms with E-state index < -0.39 is 5.60 Å². The zero-order chi connectivity index (χ0) is 11.8. The van der Waals surface area contributed by atoms with Crippen LogP contribution in [0.25, 0.3) is 0 Å². The summed E-state index contributed by atoms with van der Waals surface area (Å²) in [6.07, 6.45) is 9.55. The van der Waals surface area contributed by atoms with Crippen molar-refractivity contribution in [3.63, 3.8) is 0 Å². The molecule has 16 heavy (non-hydrogen) atoms. The van der Waals surface area contributed by atoms with Gasteiger partial charge in [-0.2, -0.15) is 0 Å². The molecule has 0 aromatic carbocycles. The summed E-state index contributed by atoms with van der Waals surface area (Å²) in [5.74, 6) is 3.70. The van der Waals surface area contributed by atoms with Gasteiger partial charge >= 0.3 is 0 Å². The third-order valence-corrected chi connectivity index (χ3v) is 4.91. The number of hydrogen-bond donors (Lipinski definition) is 1. The van der Waals surface area contributed by atoms with Crippen LogP contribution in [0.15, 0.2) is 0 Å². The maximum atomic E-state index is 9.93. The van der Waals surface area contributed by atoms with Crippen molar-refractivity contribution in [2.45, 2.75) is 71.3 Å². The minimum atomic E-state index is -0.463. The minimum absolute atomic E-state index is 0.463. The van der Waals surface area contributed by atoms with Crippen molar-refractivity contribution in [2.75, 3.05) is 0 Å². The highest BCUT2D eigenvalue weighted by Gasteiger charge is 2.37. The van der Waals surface area contributed by atoms with Crippen LogP contribution in [0.3, 0.4) is 0 Å². The summed E-state index contributed by atoms with van der Waals surface area (Å²) in [6.45, 7) is 6.37. The Morgan fingerprint density at radius 3 is 2.56 bits per heavy atom. The molecule has 0 aromatic heterocycles. The first-order valence-corrected chi connectivity index (χ1v) is 7.18. The van der Waals surface area contributed by atoms with E-state index >= 15 is 0 Å². The topological polar surface area (TPSA) is 20.2 Å². The lowest BCUT2D eigenvalue weighted by Gasteiger charge is -2.44. The lowest BCUT2D eigenvalue weighted by Crippen LogP contribution is -2.35. The summed E-state index contributed by atoms with van der Waals surface area (Å²) in [5.41, 5.74) is -0.463. The van der Waals surface area contributed by atoms with Gasteiger partial charge in [0.25, 0.3) is 0 Å². The molecule has 0 bridgehead atoms. The second kappa shape index (κ2) is 4.68. The number of rotatable bonds is 2. The quantitative estimate of drug-likeness (QED) is 0.751. The fraction of sp³-hybridized carbons (Fsp3) is 1.00. The molecule has 2 rings (SSSR count). The first-order chi connectivity index (χ1) is 7.46. The molecule has 94 valence electrons. The molecule has 2 aliphatic rings. The molecule has 0 saturated heterocycles. The van der Waals surface area contributed by atoms with Crippen LogP contribution in [0.2, 0.25) is 0 Å². The summed E-state index contributed by atoms with van der Waals surface area (Å²) in [4.78, 5) is 0. The molecule has 2 fully saturated rings.